The van der Waals surface area contributed by atoms with E-state index >= 15 is 0 Å². The van der Waals surface area contributed by atoms with Crippen molar-refractivity contribution < 1.29 is 13.2 Å². The summed E-state index contributed by atoms with van der Waals surface area (Å²) < 4.78 is 40.4. The third-order valence-corrected chi connectivity index (χ3v) is 3.78. The van der Waals surface area contributed by atoms with Gasteiger partial charge in [-0.25, -0.2) is 4.68 Å². The van der Waals surface area contributed by atoms with Crippen LogP contribution < -0.4 is 5.56 Å². The maximum absolute atomic E-state index is 13.1. The normalized spacial score (nSPS) is 12.2. The first-order chi connectivity index (χ1) is 11.6. The van der Waals surface area contributed by atoms with Crippen molar-refractivity contribution >= 4 is 0 Å². The van der Waals surface area contributed by atoms with Gasteiger partial charge in [-0.05, 0) is 12.5 Å². The standard InChI is InChI=1S/C17H19F3N4O/c1-16(2,3)14-12(7-4-8-21)15(25)24(23-14)10-11-6-5-9-22-13(11)17(18,19)20/h5-6,9,23H,4,7,10H2,1-3H3. The van der Waals surface area contributed by atoms with Crippen molar-refractivity contribution in [3.8, 4) is 6.07 Å². The fraction of sp³-hybridized carbons (Fsp3) is 0.471. The number of halogens is 3. The number of pyridine rings is 1. The summed E-state index contributed by atoms with van der Waals surface area (Å²) in [5, 5.41) is 11.7. The number of H-pyrrole nitrogens is 1. The minimum absolute atomic E-state index is 0.0920. The Hall–Kier alpha value is -2.56. The predicted molar refractivity (Wildman–Crippen MR) is 86.0 cm³/mol. The molecule has 0 atom stereocenters. The van der Waals surface area contributed by atoms with E-state index in [1.165, 1.54) is 12.1 Å². The molecule has 0 fully saturated rings. The van der Waals surface area contributed by atoms with E-state index in [4.69, 9.17) is 5.26 Å². The molecule has 0 amide bonds. The number of hydrogen-bond donors (Lipinski definition) is 1. The molecule has 0 aliphatic rings. The average Bonchev–Trinajstić information content (AvgIpc) is 2.81. The summed E-state index contributed by atoms with van der Waals surface area (Å²) in [6.45, 7) is 5.41. The third-order valence-electron chi connectivity index (χ3n) is 3.78. The molecule has 0 unspecified atom stereocenters. The lowest BCUT2D eigenvalue weighted by Gasteiger charge is -2.18. The molecule has 2 heterocycles. The summed E-state index contributed by atoms with van der Waals surface area (Å²) in [4.78, 5) is 16.0. The van der Waals surface area contributed by atoms with Gasteiger partial charge in [-0.1, -0.05) is 26.8 Å². The van der Waals surface area contributed by atoms with Crippen LogP contribution in [-0.4, -0.2) is 14.8 Å². The number of aromatic amines is 1. The van der Waals surface area contributed by atoms with Crippen LogP contribution in [0.25, 0.3) is 0 Å². The Morgan fingerprint density at radius 3 is 2.56 bits per heavy atom. The highest BCUT2D eigenvalue weighted by Crippen LogP contribution is 2.30. The van der Waals surface area contributed by atoms with Gasteiger partial charge in [0, 0.05) is 34.9 Å². The molecule has 5 nitrogen and oxygen atoms in total. The van der Waals surface area contributed by atoms with E-state index in [9.17, 15) is 18.0 Å². The lowest BCUT2D eigenvalue weighted by molar-refractivity contribution is -0.141. The van der Waals surface area contributed by atoms with Gasteiger partial charge in [0.05, 0.1) is 12.6 Å². The van der Waals surface area contributed by atoms with Crippen molar-refractivity contribution in [3.05, 3.63) is 51.2 Å². The molecule has 1 N–H and O–H groups in total. The Labute approximate surface area is 143 Å². The molecule has 0 saturated heterocycles. The van der Waals surface area contributed by atoms with E-state index in [2.05, 4.69) is 10.1 Å². The van der Waals surface area contributed by atoms with Crippen LogP contribution in [0.5, 0.6) is 0 Å². The molecule has 0 aliphatic carbocycles. The van der Waals surface area contributed by atoms with Crippen molar-refractivity contribution in [1.82, 2.24) is 14.8 Å². The molecule has 0 bridgehead atoms. The largest absolute Gasteiger partial charge is 0.433 e. The zero-order chi connectivity index (χ0) is 18.8. The maximum Gasteiger partial charge on any atom is 0.433 e. The number of nitriles is 1. The molecule has 2 aromatic heterocycles. The van der Waals surface area contributed by atoms with E-state index in [1.807, 2.05) is 26.8 Å². The highest BCUT2D eigenvalue weighted by molar-refractivity contribution is 5.27. The zero-order valence-electron chi connectivity index (χ0n) is 14.2. The van der Waals surface area contributed by atoms with Crippen LogP contribution >= 0.6 is 0 Å². The highest BCUT2D eigenvalue weighted by Gasteiger charge is 2.35. The van der Waals surface area contributed by atoms with Gasteiger partial charge in [0.25, 0.3) is 5.56 Å². The fourth-order valence-electron chi connectivity index (χ4n) is 2.66. The van der Waals surface area contributed by atoms with Crippen molar-refractivity contribution in [3.63, 3.8) is 0 Å². The molecule has 0 aliphatic heterocycles. The van der Waals surface area contributed by atoms with Gasteiger partial charge in [0.15, 0.2) is 0 Å². The van der Waals surface area contributed by atoms with Gasteiger partial charge < -0.3 is 0 Å². The molecular formula is C17H19F3N4O. The van der Waals surface area contributed by atoms with Crippen molar-refractivity contribution in [2.75, 3.05) is 0 Å². The summed E-state index contributed by atoms with van der Waals surface area (Å²) in [5.41, 5.74) is -0.844. The van der Waals surface area contributed by atoms with E-state index in [0.29, 0.717) is 11.3 Å². The number of aromatic nitrogens is 3. The van der Waals surface area contributed by atoms with E-state index in [0.717, 1.165) is 10.9 Å². The Morgan fingerprint density at radius 1 is 1.32 bits per heavy atom. The molecule has 0 spiro atoms. The summed E-state index contributed by atoms with van der Waals surface area (Å²) in [7, 11) is 0. The van der Waals surface area contributed by atoms with Gasteiger partial charge in [0.1, 0.15) is 5.69 Å². The second-order valence-electron chi connectivity index (χ2n) is 6.77. The van der Waals surface area contributed by atoms with E-state index < -0.39 is 22.8 Å². The lowest BCUT2D eigenvalue weighted by atomic mass is 9.88. The van der Waals surface area contributed by atoms with Crippen LogP contribution in [-0.2, 0) is 24.6 Å². The van der Waals surface area contributed by atoms with Gasteiger partial charge in [-0.2, -0.15) is 18.4 Å². The minimum Gasteiger partial charge on any atom is -0.299 e. The monoisotopic (exact) mass is 352 g/mol. The van der Waals surface area contributed by atoms with Crippen LogP contribution in [0, 0.1) is 11.3 Å². The van der Waals surface area contributed by atoms with E-state index in [-0.39, 0.29) is 24.9 Å². The Morgan fingerprint density at radius 2 is 2.00 bits per heavy atom. The number of alkyl halides is 3. The SMILES string of the molecule is CC(C)(C)c1[nH]n(Cc2cccnc2C(F)(F)F)c(=O)c1CCC#N. The number of nitrogens with zero attached hydrogens (tertiary/aromatic N) is 3. The van der Waals surface area contributed by atoms with Crippen LogP contribution in [0.15, 0.2) is 23.1 Å². The maximum atomic E-state index is 13.1. The van der Waals surface area contributed by atoms with E-state index in [1.54, 1.807) is 0 Å². The Kier molecular flexibility index (Phi) is 5.07. The molecule has 0 saturated carbocycles. The second kappa shape index (κ2) is 6.75. The Bertz CT molecular complexity index is 850. The summed E-state index contributed by atoms with van der Waals surface area (Å²) in [5.74, 6) is 0. The lowest BCUT2D eigenvalue weighted by Crippen LogP contribution is -2.22. The smallest absolute Gasteiger partial charge is 0.299 e. The van der Waals surface area contributed by atoms with Crippen LogP contribution in [0.4, 0.5) is 13.2 Å². The number of rotatable bonds is 4. The third kappa shape index (κ3) is 4.10. The summed E-state index contributed by atoms with van der Waals surface area (Å²) in [6, 6.07) is 4.69. The topological polar surface area (TPSA) is 74.5 Å². The van der Waals surface area contributed by atoms with Gasteiger partial charge >= 0.3 is 6.18 Å². The quantitative estimate of drug-likeness (QED) is 0.916. The van der Waals surface area contributed by atoms with Crippen molar-refractivity contribution in [2.24, 2.45) is 0 Å². The van der Waals surface area contributed by atoms with Gasteiger partial charge in [-0.15, -0.1) is 0 Å². The fourth-order valence-corrected chi connectivity index (χ4v) is 2.66. The Balaban J connectivity index is 2.51. The van der Waals surface area contributed by atoms with Gasteiger partial charge in [0.2, 0.25) is 0 Å². The molecule has 25 heavy (non-hydrogen) atoms. The highest BCUT2D eigenvalue weighted by atomic mass is 19.4. The predicted octanol–water partition coefficient (Wildman–Crippen LogP) is 3.39. The molecule has 0 radical (unpaired) electrons. The first-order valence-corrected chi connectivity index (χ1v) is 7.76. The van der Waals surface area contributed by atoms with Crippen molar-refractivity contribution in [2.45, 2.75) is 51.7 Å². The molecule has 8 heteroatoms. The molecule has 2 rings (SSSR count). The van der Waals surface area contributed by atoms with Crippen LogP contribution in [0.3, 0.4) is 0 Å². The molecule has 134 valence electrons. The molecule has 0 aromatic carbocycles. The van der Waals surface area contributed by atoms with Crippen LogP contribution in [0.1, 0.15) is 49.7 Å². The number of hydrogen-bond acceptors (Lipinski definition) is 3. The molecular weight excluding hydrogens is 333 g/mol. The van der Waals surface area contributed by atoms with Crippen LogP contribution in [0.2, 0.25) is 0 Å². The first-order valence-electron chi connectivity index (χ1n) is 7.76. The average molecular weight is 352 g/mol. The van der Waals surface area contributed by atoms with Gasteiger partial charge in [-0.3, -0.25) is 14.9 Å². The first kappa shape index (κ1) is 18.8. The molecule has 2 aromatic rings. The number of nitrogens with one attached hydrogen (secondary N) is 1. The van der Waals surface area contributed by atoms with Crippen molar-refractivity contribution in [1.29, 1.82) is 5.26 Å². The summed E-state index contributed by atoms with van der Waals surface area (Å²) >= 11 is 0. The second-order valence-corrected chi connectivity index (χ2v) is 6.77. The minimum atomic E-state index is -4.59. The summed E-state index contributed by atoms with van der Waals surface area (Å²) in [6.07, 6.45) is -3.10. The zero-order valence-corrected chi connectivity index (χ0v) is 14.2.